The van der Waals surface area contributed by atoms with Gasteiger partial charge in [0.05, 0.1) is 15.7 Å². The van der Waals surface area contributed by atoms with Crippen LogP contribution >= 0.6 is 15.9 Å². The average molecular weight is 331 g/mol. The summed E-state index contributed by atoms with van der Waals surface area (Å²) in [7, 11) is -1.05. The predicted octanol–water partition coefficient (Wildman–Crippen LogP) is 3.35. The molecule has 1 saturated carbocycles. The summed E-state index contributed by atoms with van der Waals surface area (Å²) < 4.78 is 16.2. The Balaban J connectivity index is 2.17. The lowest BCUT2D eigenvalue weighted by Gasteiger charge is -2.24. The third kappa shape index (κ3) is 3.62. The van der Waals surface area contributed by atoms with Gasteiger partial charge in [-0.15, -0.1) is 0 Å². The minimum atomic E-state index is -1.05. The van der Waals surface area contributed by atoms with E-state index in [1.807, 2.05) is 27.0 Å². The van der Waals surface area contributed by atoms with Crippen LogP contribution in [0.15, 0.2) is 22.9 Å². The maximum Gasteiger partial charge on any atom is 0.0976 e. The maximum absolute atomic E-state index is 12.2. The predicted molar refractivity (Wildman–Crippen MR) is 78.4 cm³/mol. The number of hydrogen-bond donors (Lipinski definition) is 1. The highest BCUT2D eigenvalue weighted by atomic mass is 79.9. The molecule has 0 amide bonds. The van der Waals surface area contributed by atoms with Gasteiger partial charge < -0.3 is 0 Å². The Morgan fingerprint density at radius 1 is 1.44 bits per heavy atom. The van der Waals surface area contributed by atoms with Crippen LogP contribution in [0.3, 0.4) is 0 Å². The van der Waals surface area contributed by atoms with E-state index >= 15 is 0 Å². The molecule has 0 bridgehead atoms. The van der Waals surface area contributed by atoms with Gasteiger partial charge in [0.15, 0.2) is 0 Å². The van der Waals surface area contributed by atoms with E-state index in [4.69, 9.17) is 0 Å². The first-order chi connectivity index (χ1) is 8.38. The topological polar surface area (TPSA) is 42.0 Å². The summed E-state index contributed by atoms with van der Waals surface area (Å²) >= 11 is 3.44. The zero-order valence-corrected chi connectivity index (χ0v) is 13.3. The fourth-order valence-electron chi connectivity index (χ4n) is 1.76. The molecule has 5 heteroatoms. The van der Waals surface area contributed by atoms with Crippen molar-refractivity contribution in [2.24, 2.45) is 5.92 Å². The van der Waals surface area contributed by atoms with E-state index < -0.39 is 11.0 Å². The molecule has 1 aliphatic carbocycles. The Labute approximate surface area is 119 Å². The molecule has 1 heterocycles. The highest BCUT2D eigenvalue weighted by molar-refractivity contribution is 9.10. The van der Waals surface area contributed by atoms with E-state index in [-0.39, 0.29) is 10.8 Å². The molecule has 1 aromatic heterocycles. The van der Waals surface area contributed by atoms with Crippen molar-refractivity contribution in [2.45, 2.75) is 44.4 Å². The molecule has 2 atom stereocenters. The molecular formula is C13H19BrN2OS. The molecule has 3 nitrogen and oxygen atoms in total. The van der Waals surface area contributed by atoms with E-state index in [0.29, 0.717) is 5.92 Å². The molecule has 0 radical (unpaired) electrons. The average Bonchev–Trinajstić information content (AvgIpc) is 3.08. The SMILES string of the molecule is CC(C)(C)S(=O)NC(c1cncc(Br)c1)C1CC1. The zero-order chi connectivity index (χ0) is 13.3. The summed E-state index contributed by atoms with van der Waals surface area (Å²) in [6.07, 6.45) is 6.03. The monoisotopic (exact) mass is 330 g/mol. The van der Waals surface area contributed by atoms with Crippen LogP contribution < -0.4 is 4.72 Å². The van der Waals surface area contributed by atoms with Gasteiger partial charge in [0.25, 0.3) is 0 Å². The van der Waals surface area contributed by atoms with Crippen molar-refractivity contribution in [3.63, 3.8) is 0 Å². The summed E-state index contributed by atoms with van der Waals surface area (Å²) in [4.78, 5) is 4.20. The second-order valence-corrected chi connectivity index (χ2v) is 8.66. The lowest BCUT2D eigenvalue weighted by atomic mass is 10.1. The number of rotatable bonds is 4. The van der Waals surface area contributed by atoms with Gasteiger partial charge in [-0.05, 0) is 67.1 Å². The van der Waals surface area contributed by atoms with Gasteiger partial charge in [-0.1, -0.05) is 0 Å². The number of aromatic nitrogens is 1. The van der Waals surface area contributed by atoms with Crippen molar-refractivity contribution >= 4 is 26.9 Å². The van der Waals surface area contributed by atoms with E-state index in [1.54, 1.807) is 6.20 Å². The van der Waals surface area contributed by atoms with Crippen LogP contribution in [0.1, 0.15) is 45.2 Å². The summed E-state index contributed by atoms with van der Waals surface area (Å²) in [5.74, 6) is 0.590. The second-order valence-electron chi connectivity index (χ2n) is 5.75. The number of nitrogens with zero attached hydrogens (tertiary/aromatic N) is 1. The Morgan fingerprint density at radius 2 is 2.11 bits per heavy atom. The molecular weight excluding hydrogens is 312 g/mol. The smallest absolute Gasteiger partial charge is 0.0976 e. The lowest BCUT2D eigenvalue weighted by molar-refractivity contribution is 0.555. The summed E-state index contributed by atoms with van der Waals surface area (Å²) in [6.45, 7) is 5.96. The molecule has 1 N–H and O–H groups in total. The van der Waals surface area contributed by atoms with Gasteiger partial charge in [-0.2, -0.15) is 0 Å². The minimum Gasteiger partial charge on any atom is -0.263 e. The Kier molecular flexibility index (Phi) is 4.24. The molecule has 0 saturated heterocycles. The van der Waals surface area contributed by atoms with Crippen molar-refractivity contribution in [3.05, 3.63) is 28.5 Å². The van der Waals surface area contributed by atoms with Gasteiger partial charge in [-0.25, -0.2) is 8.93 Å². The van der Waals surface area contributed by atoms with Gasteiger partial charge >= 0.3 is 0 Å². The van der Waals surface area contributed by atoms with Crippen molar-refractivity contribution < 1.29 is 4.21 Å². The van der Waals surface area contributed by atoms with Crippen LogP contribution in [0.2, 0.25) is 0 Å². The van der Waals surface area contributed by atoms with Crippen LogP contribution in [0.4, 0.5) is 0 Å². The highest BCUT2D eigenvalue weighted by Crippen LogP contribution is 2.41. The highest BCUT2D eigenvalue weighted by Gasteiger charge is 2.35. The zero-order valence-electron chi connectivity index (χ0n) is 10.9. The van der Waals surface area contributed by atoms with Crippen LogP contribution in [0, 0.1) is 5.92 Å². The summed E-state index contributed by atoms with van der Waals surface area (Å²) in [5.41, 5.74) is 1.12. The number of nitrogens with one attached hydrogen (secondary N) is 1. The summed E-state index contributed by atoms with van der Waals surface area (Å²) in [6, 6.07) is 2.21. The van der Waals surface area contributed by atoms with Crippen molar-refractivity contribution in [1.29, 1.82) is 0 Å². The molecule has 1 fully saturated rings. The molecule has 1 aliphatic rings. The first-order valence-electron chi connectivity index (χ1n) is 6.16. The number of halogens is 1. The van der Waals surface area contributed by atoms with Crippen molar-refractivity contribution in [2.75, 3.05) is 0 Å². The standard InChI is InChI=1S/C13H19BrN2OS/c1-13(2,3)18(17)16-12(9-4-5-9)10-6-11(14)8-15-7-10/h6-9,12,16H,4-5H2,1-3H3. The lowest BCUT2D eigenvalue weighted by Crippen LogP contribution is -2.36. The number of hydrogen-bond acceptors (Lipinski definition) is 2. The third-order valence-corrected chi connectivity index (χ3v) is 4.98. The maximum atomic E-state index is 12.2. The van der Waals surface area contributed by atoms with E-state index in [9.17, 15) is 4.21 Å². The van der Waals surface area contributed by atoms with Crippen LogP contribution in [-0.2, 0) is 11.0 Å². The first kappa shape index (κ1) is 14.2. The third-order valence-electron chi connectivity index (χ3n) is 2.97. The van der Waals surface area contributed by atoms with Gasteiger partial charge in [0.2, 0.25) is 0 Å². The fourth-order valence-corrected chi connectivity index (χ4v) is 3.05. The second kappa shape index (κ2) is 5.39. The molecule has 18 heavy (non-hydrogen) atoms. The number of pyridine rings is 1. The molecule has 0 spiro atoms. The molecule has 0 aromatic carbocycles. The van der Waals surface area contributed by atoms with E-state index in [1.165, 1.54) is 12.8 Å². The normalized spacial score (nSPS) is 19.6. The van der Waals surface area contributed by atoms with Crippen molar-refractivity contribution in [3.8, 4) is 0 Å². The van der Waals surface area contributed by atoms with E-state index in [0.717, 1.165) is 10.0 Å². The molecule has 0 aliphatic heterocycles. The van der Waals surface area contributed by atoms with Gasteiger partial charge in [0, 0.05) is 22.9 Å². The van der Waals surface area contributed by atoms with Crippen LogP contribution in [0.5, 0.6) is 0 Å². The molecule has 2 rings (SSSR count). The van der Waals surface area contributed by atoms with Crippen LogP contribution in [0.25, 0.3) is 0 Å². The van der Waals surface area contributed by atoms with Crippen LogP contribution in [-0.4, -0.2) is 13.9 Å². The van der Waals surface area contributed by atoms with E-state index in [2.05, 4.69) is 31.7 Å². The van der Waals surface area contributed by atoms with Gasteiger partial charge in [-0.3, -0.25) is 4.98 Å². The minimum absolute atomic E-state index is 0.148. The first-order valence-corrected chi connectivity index (χ1v) is 8.11. The Morgan fingerprint density at radius 3 is 2.61 bits per heavy atom. The molecule has 1 aromatic rings. The Bertz CT molecular complexity index is 455. The van der Waals surface area contributed by atoms with Crippen molar-refractivity contribution in [1.82, 2.24) is 9.71 Å². The molecule has 100 valence electrons. The molecule has 2 unspecified atom stereocenters. The quantitative estimate of drug-likeness (QED) is 0.919. The van der Waals surface area contributed by atoms with Gasteiger partial charge in [0.1, 0.15) is 0 Å². The fraction of sp³-hybridized carbons (Fsp3) is 0.615. The Hall–Kier alpha value is -0.260. The summed E-state index contributed by atoms with van der Waals surface area (Å²) in [5, 5.41) is 0. The largest absolute Gasteiger partial charge is 0.263 e.